The average Bonchev–Trinajstić information content (AvgIpc) is 3.13. The largest absolute Gasteiger partial charge is 0.461 e. The number of allylic oxidation sites excluding steroid dienone is 5. The maximum absolute atomic E-state index is 12.7. The zero-order chi connectivity index (χ0) is 22.6. The van der Waals surface area contributed by atoms with Crippen LogP contribution in [0.2, 0.25) is 0 Å². The molecule has 0 amide bonds. The Kier molecular flexibility index (Phi) is 6.74. The van der Waals surface area contributed by atoms with E-state index in [0.29, 0.717) is 36.5 Å². The first-order valence-electron chi connectivity index (χ1n) is 10.5. The fraction of sp³-hybridized carbons (Fsp3) is 0.360. The molecule has 0 radical (unpaired) electrons. The van der Waals surface area contributed by atoms with Crippen LogP contribution < -0.4 is 0 Å². The predicted octanol–water partition coefficient (Wildman–Crippen LogP) is 4.00. The fourth-order valence-electron chi connectivity index (χ4n) is 3.67. The summed E-state index contributed by atoms with van der Waals surface area (Å²) in [5.74, 6) is 2.24. The van der Waals surface area contributed by atoms with Crippen LogP contribution >= 0.6 is 0 Å². The molecule has 2 aromatic rings. The number of aromatic nitrogens is 2. The Hall–Kier alpha value is -3.21. The van der Waals surface area contributed by atoms with Crippen molar-refractivity contribution < 1.29 is 19.4 Å². The topological polar surface area (TPSA) is 81.4 Å². The maximum Gasteiger partial charge on any atom is 0.357 e. The van der Waals surface area contributed by atoms with E-state index in [9.17, 15) is 14.7 Å². The Morgan fingerprint density at radius 1 is 1.26 bits per heavy atom. The van der Waals surface area contributed by atoms with Crippen LogP contribution in [0.5, 0.6) is 0 Å². The number of hydrogen-bond donors (Lipinski definition) is 1. The van der Waals surface area contributed by atoms with Crippen LogP contribution in [0.25, 0.3) is 5.57 Å². The Morgan fingerprint density at radius 2 is 1.97 bits per heavy atom. The summed E-state index contributed by atoms with van der Waals surface area (Å²) in [5.41, 5.74) is 2.73. The number of imidazole rings is 1. The molecule has 0 spiro atoms. The molecule has 3 rings (SSSR count). The first-order chi connectivity index (χ1) is 14.8. The Balaban J connectivity index is 1.99. The number of aliphatic hydroxyl groups is 1. The highest BCUT2D eigenvalue weighted by molar-refractivity contribution is 5.90. The van der Waals surface area contributed by atoms with Crippen molar-refractivity contribution in [3.8, 4) is 0 Å². The third-order valence-electron chi connectivity index (χ3n) is 5.19. The van der Waals surface area contributed by atoms with Crippen molar-refractivity contribution >= 4 is 17.5 Å². The van der Waals surface area contributed by atoms with Crippen LogP contribution in [0.15, 0.2) is 48.1 Å². The fourth-order valence-corrected chi connectivity index (χ4v) is 3.67. The van der Waals surface area contributed by atoms with E-state index < -0.39 is 11.6 Å². The molecular formula is C25H28N2O4. The summed E-state index contributed by atoms with van der Waals surface area (Å²) < 4.78 is 7.08. The van der Waals surface area contributed by atoms with Gasteiger partial charge in [-0.2, -0.15) is 0 Å². The molecule has 0 saturated carbocycles. The highest BCUT2D eigenvalue weighted by atomic mass is 16.5. The number of carbonyl (C=O) groups is 1. The van der Waals surface area contributed by atoms with E-state index in [1.165, 1.54) is 0 Å². The van der Waals surface area contributed by atoms with Gasteiger partial charge in [-0.15, -0.1) is 0 Å². The van der Waals surface area contributed by atoms with Gasteiger partial charge in [-0.25, -0.2) is 14.6 Å². The molecule has 6 heteroatoms. The highest BCUT2D eigenvalue weighted by Crippen LogP contribution is 2.29. The molecular weight excluding hydrogens is 392 g/mol. The van der Waals surface area contributed by atoms with Crippen molar-refractivity contribution in [2.45, 2.75) is 52.7 Å². The molecule has 1 N–H and O–H groups in total. The molecule has 1 aromatic carbocycles. The second-order valence-corrected chi connectivity index (χ2v) is 7.93. The monoisotopic (exact) mass is 420 g/mol. The Morgan fingerprint density at radius 3 is 2.55 bits per heavy atom. The molecule has 6 nitrogen and oxygen atoms in total. The van der Waals surface area contributed by atoms with Gasteiger partial charge in [-0.3, -0.25) is 0 Å². The summed E-state index contributed by atoms with van der Waals surface area (Å²) in [7, 11) is 0. The molecule has 1 heterocycles. The molecule has 1 aliphatic rings. The first-order valence-corrected chi connectivity index (χ1v) is 10.5. The number of nitrogens with zero attached hydrogens (tertiary/aromatic N) is 2. The summed E-state index contributed by atoms with van der Waals surface area (Å²) in [5, 5.41) is 10.6. The lowest BCUT2D eigenvalue weighted by atomic mass is 9.92. The Bertz CT molecular complexity index is 1080. The quantitative estimate of drug-likeness (QED) is 0.541. The minimum Gasteiger partial charge on any atom is -0.461 e. The lowest BCUT2D eigenvalue weighted by molar-refractivity contribution is 0.0469. The summed E-state index contributed by atoms with van der Waals surface area (Å²) in [6, 6.07) is 7.85. The minimum absolute atomic E-state index is 0.238. The van der Waals surface area contributed by atoms with Gasteiger partial charge in [0.15, 0.2) is 5.69 Å². The second kappa shape index (κ2) is 9.29. The third-order valence-corrected chi connectivity index (χ3v) is 5.19. The molecule has 1 aromatic heterocycles. The number of benzene rings is 1. The Labute approximate surface area is 182 Å². The van der Waals surface area contributed by atoms with Gasteiger partial charge in [0.25, 0.3) is 0 Å². The zero-order valence-corrected chi connectivity index (χ0v) is 18.4. The van der Waals surface area contributed by atoms with Gasteiger partial charge in [0.1, 0.15) is 23.1 Å². The van der Waals surface area contributed by atoms with Gasteiger partial charge in [0, 0.05) is 25.0 Å². The molecule has 31 heavy (non-hydrogen) atoms. The molecule has 0 fully saturated rings. The van der Waals surface area contributed by atoms with Crippen LogP contribution in [-0.4, -0.2) is 33.2 Å². The van der Waals surface area contributed by atoms with Crippen molar-refractivity contribution in [1.29, 1.82) is 0 Å². The minimum atomic E-state index is -1.28. The highest BCUT2D eigenvalue weighted by Gasteiger charge is 2.32. The SMILES string of the molecule is CCOC(=O)c1c(C(C)(C)O)nc(CC)n1Cc1ccc(C2=CC=CCC2=C=O)cc1. The van der Waals surface area contributed by atoms with Crippen molar-refractivity contribution in [3.63, 3.8) is 0 Å². The molecule has 162 valence electrons. The number of hydrogen-bond acceptors (Lipinski definition) is 5. The van der Waals surface area contributed by atoms with Crippen molar-refractivity contribution in [2.24, 2.45) is 0 Å². The van der Waals surface area contributed by atoms with Crippen LogP contribution in [0.4, 0.5) is 0 Å². The summed E-state index contributed by atoms with van der Waals surface area (Å²) in [4.78, 5) is 28.5. The van der Waals surface area contributed by atoms with E-state index in [-0.39, 0.29) is 12.3 Å². The van der Waals surface area contributed by atoms with Crippen LogP contribution in [0, 0.1) is 0 Å². The van der Waals surface area contributed by atoms with E-state index in [4.69, 9.17) is 4.74 Å². The maximum atomic E-state index is 12.7. The number of aryl methyl sites for hydroxylation is 1. The summed E-state index contributed by atoms with van der Waals surface area (Å²) in [6.07, 6.45) is 6.97. The van der Waals surface area contributed by atoms with E-state index >= 15 is 0 Å². The van der Waals surface area contributed by atoms with Gasteiger partial charge in [0.2, 0.25) is 0 Å². The van der Waals surface area contributed by atoms with Crippen molar-refractivity contribution in [3.05, 3.63) is 76.4 Å². The number of rotatable bonds is 7. The normalized spacial score (nSPS) is 13.7. The zero-order valence-electron chi connectivity index (χ0n) is 18.4. The molecule has 0 unspecified atom stereocenters. The van der Waals surface area contributed by atoms with Crippen molar-refractivity contribution in [2.75, 3.05) is 6.61 Å². The summed E-state index contributed by atoms with van der Waals surface area (Å²) >= 11 is 0. The number of ether oxygens (including phenoxy) is 1. The van der Waals surface area contributed by atoms with Gasteiger partial charge >= 0.3 is 5.97 Å². The number of carbonyl (C=O) groups excluding carboxylic acids is 2. The van der Waals surface area contributed by atoms with E-state index in [1.54, 1.807) is 20.8 Å². The second-order valence-electron chi connectivity index (χ2n) is 7.93. The summed E-state index contributed by atoms with van der Waals surface area (Å²) in [6.45, 7) is 7.58. The number of esters is 1. The predicted molar refractivity (Wildman–Crippen MR) is 119 cm³/mol. The molecule has 0 aliphatic heterocycles. The lowest BCUT2D eigenvalue weighted by Gasteiger charge is -2.17. The average molecular weight is 421 g/mol. The van der Waals surface area contributed by atoms with E-state index in [2.05, 4.69) is 4.98 Å². The van der Waals surface area contributed by atoms with Gasteiger partial charge in [0.05, 0.1) is 6.61 Å². The third kappa shape index (κ3) is 4.76. The standard InChI is InChI=1S/C25H28N2O4/c1-5-21-26-23(25(3,4)30)22(24(29)31-6-2)27(21)15-17-11-13-18(14-12-17)20-10-8-7-9-19(20)16-28/h7-8,10-14,30H,5-6,9,15H2,1-4H3. The molecule has 0 bridgehead atoms. The van der Waals surface area contributed by atoms with Gasteiger partial charge in [-0.05, 0) is 37.5 Å². The van der Waals surface area contributed by atoms with Crippen LogP contribution in [-0.2, 0) is 28.1 Å². The van der Waals surface area contributed by atoms with E-state index in [1.807, 2.05) is 59.9 Å². The first kappa shape index (κ1) is 22.5. The van der Waals surface area contributed by atoms with Gasteiger partial charge < -0.3 is 14.4 Å². The van der Waals surface area contributed by atoms with Crippen molar-refractivity contribution in [1.82, 2.24) is 9.55 Å². The van der Waals surface area contributed by atoms with Crippen LogP contribution in [0.3, 0.4) is 0 Å². The molecule has 1 aliphatic carbocycles. The smallest absolute Gasteiger partial charge is 0.357 e. The lowest BCUT2D eigenvalue weighted by Crippen LogP contribution is -2.23. The van der Waals surface area contributed by atoms with Gasteiger partial charge in [-0.1, -0.05) is 49.4 Å². The molecule has 0 saturated heterocycles. The molecule has 0 atom stereocenters. The van der Waals surface area contributed by atoms with E-state index in [0.717, 1.165) is 16.7 Å². The van der Waals surface area contributed by atoms with Crippen LogP contribution in [0.1, 0.15) is 67.2 Å².